The normalized spacial score (nSPS) is 16.3. The maximum Gasteiger partial charge on any atom is 0.259 e. The van der Waals surface area contributed by atoms with Gasteiger partial charge in [-0.3, -0.25) is 10.2 Å². The Morgan fingerprint density at radius 2 is 2.03 bits per heavy atom. The second-order valence-corrected chi connectivity index (χ2v) is 7.26. The number of carbonyl (C=O) groups is 1. The van der Waals surface area contributed by atoms with Gasteiger partial charge in [0.25, 0.3) is 5.91 Å². The van der Waals surface area contributed by atoms with Crippen LogP contribution in [0.25, 0.3) is 10.9 Å². The summed E-state index contributed by atoms with van der Waals surface area (Å²) in [6, 6.07) is 9.06. The van der Waals surface area contributed by atoms with Crippen molar-refractivity contribution >= 4 is 34.3 Å². The zero-order valence-electron chi connectivity index (χ0n) is 16.1. The molecule has 3 aromatic rings. The van der Waals surface area contributed by atoms with Gasteiger partial charge in [-0.15, -0.1) is 0 Å². The number of fused-ring (bicyclic) bond motifs is 1. The lowest BCUT2D eigenvalue weighted by atomic mass is 10.1. The minimum Gasteiger partial charge on any atom is -0.368 e. The molecule has 2 aromatic heterocycles. The van der Waals surface area contributed by atoms with E-state index in [1.165, 1.54) is 12.4 Å². The van der Waals surface area contributed by atoms with E-state index < -0.39 is 11.8 Å². The Hall–Kier alpha value is -3.56. The first kappa shape index (κ1) is 19.7. The van der Waals surface area contributed by atoms with Crippen LogP contribution in [0.15, 0.2) is 42.7 Å². The number of benzene rings is 1. The molecular weight excluding hydrogens is 392 g/mol. The van der Waals surface area contributed by atoms with Gasteiger partial charge in [-0.1, -0.05) is 18.2 Å². The maximum atomic E-state index is 13.9. The van der Waals surface area contributed by atoms with Gasteiger partial charge in [0.1, 0.15) is 5.82 Å². The molecule has 0 saturated carbocycles. The standard InChI is InChI=1S/C20H21F2N7O/c21-20(22)6-3-8-28(9-7-20)17-15(10-13-4-1-2-5-16(13)27-17)18(30)26-14-11-25-29(12-14)19(23)24/h1-2,4-5,10-12H,3,6-9H2,(H3,23,24)(H,26,30). The molecule has 0 spiro atoms. The highest BCUT2D eigenvalue weighted by Gasteiger charge is 2.33. The number of pyridine rings is 1. The van der Waals surface area contributed by atoms with Crippen molar-refractivity contribution in [2.24, 2.45) is 5.73 Å². The summed E-state index contributed by atoms with van der Waals surface area (Å²) in [5, 5.41) is 14.8. The number of nitrogens with zero attached hydrogens (tertiary/aromatic N) is 4. The van der Waals surface area contributed by atoms with E-state index in [2.05, 4.69) is 15.4 Å². The van der Waals surface area contributed by atoms with E-state index >= 15 is 0 Å². The van der Waals surface area contributed by atoms with Crippen LogP contribution in [0.2, 0.25) is 0 Å². The third kappa shape index (κ3) is 4.07. The lowest BCUT2D eigenvalue weighted by Gasteiger charge is -2.24. The maximum absolute atomic E-state index is 13.9. The van der Waals surface area contributed by atoms with E-state index in [4.69, 9.17) is 11.1 Å². The Bertz CT molecular complexity index is 1110. The first-order valence-corrected chi connectivity index (χ1v) is 9.55. The molecule has 1 aliphatic rings. The van der Waals surface area contributed by atoms with Crippen LogP contribution in [-0.2, 0) is 0 Å². The summed E-state index contributed by atoms with van der Waals surface area (Å²) in [6.07, 6.45) is 2.64. The number of amides is 1. The molecule has 1 saturated heterocycles. The topological polar surface area (TPSA) is 113 Å². The fraction of sp³-hybridized carbons (Fsp3) is 0.300. The summed E-state index contributed by atoms with van der Waals surface area (Å²) >= 11 is 0. The van der Waals surface area contributed by atoms with E-state index in [0.29, 0.717) is 30.0 Å². The monoisotopic (exact) mass is 413 g/mol. The van der Waals surface area contributed by atoms with Crippen molar-refractivity contribution in [1.82, 2.24) is 14.8 Å². The second kappa shape index (κ2) is 7.69. The van der Waals surface area contributed by atoms with E-state index in [-0.39, 0.29) is 30.9 Å². The number of nitrogens with one attached hydrogen (secondary N) is 2. The SMILES string of the molecule is N=C(N)n1cc(NC(=O)c2cc3ccccc3nc2N2CCCC(F)(F)CC2)cn1. The lowest BCUT2D eigenvalue weighted by Crippen LogP contribution is -2.29. The lowest BCUT2D eigenvalue weighted by molar-refractivity contribution is -0.0102. The van der Waals surface area contributed by atoms with Gasteiger partial charge in [0.15, 0.2) is 0 Å². The minimum atomic E-state index is -2.71. The number of aromatic nitrogens is 3. The molecule has 1 aromatic carbocycles. The molecule has 8 nitrogen and oxygen atoms in total. The molecular formula is C20H21F2N7O. The van der Waals surface area contributed by atoms with Crippen molar-refractivity contribution in [2.45, 2.75) is 25.2 Å². The fourth-order valence-corrected chi connectivity index (χ4v) is 3.51. The minimum absolute atomic E-state index is 0.112. The molecule has 1 aliphatic heterocycles. The van der Waals surface area contributed by atoms with Gasteiger partial charge < -0.3 is 16.0 Å². The summed E-state index contributed by atoms with van der Waals surface area (Å²) in [5.74, 6) is -3.06. The first-order valence-electron chi connectivity index (χ1n) is 9.55. The number of nitrogens with two attached hydrogens (primary N) is 1. The van der Waals surface area contributed by atoms with Crippen molar-refractivity contribution in [3.8, 4) is 0 Å². The van der Waals surface area contributed by atoms with E-state index in [1.807, 2.05) is 24.3 Å². The second-order valence-electron chi connectivity index (χ2n) is 7.26. The highest BCUT2D eigenvalue weighted by atomic mass is 19.3. The Balaban J connectivity index is 1.70. The van der Waals surface area contributed by atoms with Gasteiger partial charge in [-0.25, -0.2) is 18.4 Å². The van der Waals surface area contributed by atoms with Gasteiger partial charge in [-0.05, 0) is 18.6 Å². The molecule has 10 heteroatoms. The molecule has 1 fully saturated rings. The number of hydrogen-bond acceptors (Lipinski definition) is 5. The van der Waals surface area contributed by atoms with Crippen LogP contribution in [0, 0.1) is 5.41 Å². The van der Waals surface area contributed by atoms with Gasteiger partial charge in [-0.2, -0.15) is 5.10 Å². The fourth-order valence-electron chi connectivity index (χ4n) is 3.51. The van der Waals surface area contributed by atoms with E-state index in [0.717, 1.165) is 10.1 Å². The largest absolute Gasteiger partial charge is 0.368 e. The molecule has 0 bridgehead atoms. The Labute approximate surface area is 171 Å². The van der Waals surface area contributed by atoms with E-state index in [1.54, 1.807) is 11.0 Å². The third-order valence-electron chi connectivity index (χ3n) is 5.05. The number of carbonyl (C=O) groups excluding carboxylic acids is 1. The van der Waals surface area contributed by atoms with Gasteiger partial charge in [0.05, 0.1) is 29.2 Å². The number of hydrogen-bond donors (Lipinski definition) is 3. The average molecular weight is 413 g/mol. The predicted octanol–water partition coefficient (Wildman–Crippen LogP) is 3.05. The van der Waals surface area contributed by atoms with Crippen molar-refractivity contribution in [3.05, 3.63) is 48.3 Å². The molecule has 4 N–H and O–H groups in total. The Morgan fingerprint density at radius 3 is 2.80 bits per heavy atom. The highest BCUT2D eigenvalue weighted by molar-refractivity contribution is 6.09. The van der Waals surface area contributed by atoms with Crippen molar-refractivity contribution in [1.29, 1.82) is 5.41 Å². The van der Waals surface area contributed by atoms with Crippen LogP contribution in [0.1, 0.15) is 29.6 Å². The van der Waals surface area contributed by atoms with Gasteiger partial charge in [0.2, 0.25) is 11.9 Å². The number of anilines is 2. The molecule has 0 radical (unpaired) electrons. The number of alkyl halides is 2. The molecule has 1 amide bonds. The van der Waals surface area contributed by atoms with Crippen molar-refractivity contribution in [3.63, 3.8) is 0 Å². The van der Waals surface area contributed by atoms with Crippen LogP contribution in [0.3, 0.4) is 0 Å². The predicted molar refractivity (Wildman–Crippen MR) is 110 cm³/mol. The zero-order valence-corrected chi connectivity index (χ0v) is 16.1. The Kier molecular flexibility index (Phi) is 5.06. The van der Waals surface area contributed by atoms with Gasteiger partial charge >= 0.3 is 0 Å². The van der Waals surface area contributed by atoms with Crippen molar-refractivity contribution in [2.75, 3.05) is 23.3 Å². The molecule has 4 rings (SSSR count). The third-order valence-corrected chi connectivity index (χ3v) is 5.05. The summed E-state index contributed by atoms with van der Waals surface area (Å²) < 4.78 is 28.8. The van der Waals surface area contributed by atoms with E-state index in [9.17, 15) is 13.6 Å². The van der Waals surface area contributed by atoms with Crippen LogP contribution >= 0.6 is 0 Å². The molecule has 0 atom stereocenters. The van der Waals surface area contributed by atoms with Crippen LogP contribution in [0.5, 0.6) is 0 Å². The average Bonchev–Trinajstić information content (AvgIpc) is 3.10. The molecule has 30 heavy (non-hydrogen) atoms. The van der Waals surface area contributed by atoms with Crippen molar-refractivity contribution < 1.29 is 13.6 Å². The molecule has 156 valence electrons. The molecule has 3 heterocycles. The zero-order chi connectivity index (χ0) is 21.3. The number of halogens is 2. The molecule has 0 aliphatic carbocycles. The van der Waals surface area contributed by atoms with Crippen LogP contribution in [0.4, 0.5) is 20.3 Å². The quantitative estimate of drug-likeness (QED) is 0.451. The Morgan fingerprint density at radius 1 is 1.23 bits per heavy atom. The summed E-state index contributed by atoms with van der Waals surface area (Å²) in [6.45, 7) is 0.504. The van der Waals surface area contributed by atoms with Gasteiger partial charge in [0, 0.05) is 31.3 Å². The molecule has 0 unspecified atom stereocenters. The number of nitrogen functional groups attached to an aromatic ring is 1. The van der Waals surface area contributed by atoms with Crippen LogP contribution < -0.4 is 16.0 Å². The summed E-state index contributed by atoms with van der Waals surface area (Å²) in [5.41, 5.74) is 6.71. The highest BCUT2D eigenvalue weighted by Crippen LogP contribution is 2.32. The van der Waals surface area contributed by atoms with Crippen LogP contribution in [-0.4, -0.2) is 45.6 Å². The number of para-hydroxylation sites is 1. The first-order chi connectivity index (χ1) is 14.3. The summed E-state index contributed by atoms with van der Waals surface area (Å²) in [7, 11) is 0. The number of rotatable bonds is 3. The smallest absolute Gasteiger partial charge is 0.259 e. The summed E-state index contributed by atoms with van der Waals surface area (Å²) in [4.78, 5) is 19.4.